The Bertz CT molecular complexity index is 1330. The first kappa shape index (κ1) is 29.9. The number of nitrogens with one attached hydrogen (secondary N) is 1. The quantitative estimate of drug-likeness (QED) is 0.240. The highest BCUT2D eigenvalue weighted by Gasteiger charge is 2.46. The van der Waals surface area contributed by atoms with Gasteiger partial charge in [-0.2, -0.15) is 0 Å². The summed E-state index contributed by atoms with van der Waals surface area (Å²) in [5.41, 5.74) is 2.23. The van der Waals surface area contributed by atoms with Crippen LogP contribution in [0.5, 0.6) is 17.2 Å². The smallest absolute Gasteiger partial charge is 0.295 e. The van der Waals surface area contributed by atoms with E-state index in [1.807, 2.05) is 37.3 Å². The van der Waals surface area contributed by atoms with Crippen molar-refractivity contribution in [2.75, 3.05) is 53.1 Å². The third-order valence-corrected chi connectivity index (χ3v) is 8.29. The Balaban J connectivity index is 1.49. The third kappa shape index (κ3) is 6.42. The minimum absolute atomic E-state index is 0.0466. The molecule has 2 fully saturated rings. The van der Waals surface area contributed by atoms with Gasteiger partial charge < -0.3 is 33.9 Å². The number of quaternary nitrogens is 1. The second-order valence-electron chi connectivity index (χ2n) is 11.9. The molecule has 0 spiro atoms. The molecule has 5 rings (SSSR count). The van der Waals surface area contributed by atoms with Crippen LogP contribution >= 0.6 is 0 Å². The van der Waals surface area contributed by atoms with E-state index in [1.165, 1.54) is 4.90 Å². The monoisotopic (exact) mass is 579 g/mol. The summed E-state index contributed by atoms with van der Waals surface area (Å²) in [6, 6.07) is 10.1. The Hall–Kier alpha value is -3.56. The van der Waals surface area contributed by atoms with Gasteiger partial charge in [-0.25, -0.2) is 0 Å². The second kappa shape index (κ2) is 13.2. The van der Waals surface area contributed by atoms with E-state index in [2.05, 4.69) is 13.8 Å². The zero-order valence-corrected chi connectivity index (χ0v) is 25.1. The fourth-order valence-corrected chi connectivity index (χ4v) is 5.97. The zero-order chi connectivity index (χ0) is 29.8. The molecule has 2 atom stereocenters. The van der Waals surface area contributed by atoms with Crippen molar-refractivity contribution in [3.8, 4) is 17.2 Å². The fourth-order valence-electron chi connectivity index (χ4n) is 5.97. The van der Waals surface area contributed by atoms with Crippen LogP contribution in [-0.2, 0) is 20.7 Å². The molecule has 226 valence electrons. The summed E-state index contributed by atoms with van der Waals surface area (Å²) >= 11 is 0. The molecule has 0 saturated carbocycles. The maximum atomic E-state index is 13.6. The first-order valence-electron chi connectivity index (χ1n) is 15.1. The maximum Gasteiger partial charge on any atom is 0.295 e. The summed E-state index contributed by atoms with van der Waals surface area (Å²) in [6.45, 7) is 11.4. The number of carbonyl (C=O) groups excluding carboxylic acids is 2. The van der Waals surface area contributed by atoms with E-state index in [4.69, 9.17) is 18.9 Å². The Kier molecular flexibility index (Phi) is 9.38. The number of aliphatic hydroxyl groups is 1. The molecule has 0 unspecified atom stereocenters. The predicted molar refractivity (Wildman–Crippen MR) is 158 cm³/mol. The molecule has 0 bridgehead atoms. The minimum Gasteiger partial charge on any atom is -0.507 e. The second-order valence-corrected chi connectivity index (χ2v) is 11.9. The number of rotatable bonds is 11. The van der Waals surface area contributed by atoms with Gasteiger partial charge in [0.05, 0.1) is 45.1 Å². The topological polar surface area (TPSA) is 99.0 Å². The van der Waals surface area contributed by atoms with E-state index in [0.717, 1.165) is 57.0 Å². The van der Waals surface area contributed by atoms with Crippen molar-refractivity contribution in [1.29, 1.82) is 0 Å². The Morgan fingerprint density at radius 3 is 2.64 bits per heavy atom. The van der Waals surface area contributed by atoms with Gasteiger partial charge in [0, 0.05) is 24.9 Å². The van der Waals surface area contributed by atoms with Crippen LogP contribution in [0.2, 0.25) is 0 Å². The molecule has 3 heterocycles. The molecule has 1 amide bonds. The number of carbonyl (C=O) groups is 2. The average molecular weight is 580 g/mol. The van der Waals surface area contributed by atoms with Crippen LogP contribution < -0.4 is 19.1 Å². The van der Waals surface area contributed by atoms with E-state index in [1.54, 1.807) is 18.1 Å². The first-order chi connectivity index (χ1) is 20.3. The van der Waals surface area contributed by atoms with E-state index in [9.17, 15) is 14.7 Å². The van der Waals surface area contributed by atoms with Gasteiger partial charge in [-0.1, -0.05) is 19.9 Å². The van der Waals surface area contributed by atoms with E-state index < -0.39 is 17.7 Å². The van der Waals surface area contributed by atoms with Crippen LogP contribution in [0, 0.1) is 5.92 Å². The maximum absolute atomic E-state index is 13.6. The first-order valence-corrected chi connectivity index (χ1v) is 15.1. The van der Waals surface area contributed by atoms with Crippen LogP contribution in [0.4, 0.5) is 0 Å². The van der Waals surface area contributed by atoms with E-state index in [0.29, 0.717) is 48.1 Å². The van der Waals surface area contributed by atoms with Crippen molar-refractivity contribution in [3.05, 3.63) is 58.7 Å². The number of hydrogen-bond acceptors (Lipinski definition) is 7. The van der Waals surface area contributed by atoms with E-state index in [-0.39, 0.29) is 17.4 Å². The summed E-state index contributed by atoms with van der Waals surface area (Å²) in [5.74, 6) is 0.928. The summed E-state index contributed by atoms with van der Waals surface area (Å²) < 4.78 is 23.0. The number of fused-ring (bicyclic) bond motifs is 1. The number of amides is 1. The molecular weight excluding hydrogens is 536 g/mol. The van der Waals surface area contributed by atoms with Crippen LogP contribution in [0.25, 0.3) is 5.76 Å². The lowest BCUT2D eigenvalue weighted by molar-refractivity contribution is -0.908. The van der Waals surface area contributed by atoms with Crippen LogP contribution in [0.3, 0.4) is 0 Å². The Labute approximate surface area is 248 Å². The lowest BCUT2D eigenvalue weighted by Gasteiger charge is -2.28. The number of likely N-dealkylation sites (tertiary alicyclic amines) is 1. The molecule has 42 heavy (non-hydrogen) atoms. The van der Waals surface area contributed by atoms with E-state index >= 15 is 0 Å². The number of benzene rings is 2. The van der Waals surface area contributed by atoms with Crippen molar-refractivity contribution in [2.45, 2.75) is 52.2 Å². The Morgan fingerprint density at radius 1 is 1.12 bits per heavy atom. The molecule has 2 N–H and O–H groups in total. The normalized spacial score (nSPS) is 22.0. The van der Waals surface area contributed by atoms with Crippen LogP contribution in [-0.4, -0.2) is 80.9 Å². The lowest BCUT2D eigenvalue weighted by Crippen LogP contribution is -3.14. The molecule has 2 aromatic rings. The number of Topliss-reactive ketones (excluding diaryl/α,β-unsaturated/α-hetero) is 1. The van der Waals surface area contributed by atoms with Gasteiger partial charge in [-0.15, -0.1) is 0 Å². The minimum atomic E-state index is -0.758. The SMILES string of the molecule is COc1cc([C@H]2C(=C(O)c3ccc4c(c3)C[C@@H](C)O4)C(=O)C(=O)N2CCC[NH+]2CCOCC2)ccc1OCCC(C)C. The molecule has 2 saturated heterocycles. The van der Waals surface area contributed by atoms with Gasteiger partial charge >= 0.3 is 0 Å². The van der Waals surface area contributed by atoms with Crippen molar-refractivity contribution in [1.82, 2.24) is 4.90 Å². The molecule has 3 aliphatic heterocycles. The number of methoxy groups -OCH3 is 1. The zero-order valence-electron chi connectivity index (χ0n) is 25.1. The van der Waals surface area contributed by atoms with Crippen molar-refractivity contribution < 1.29 is 38.5 Å². The highest BCUT2D eigenvalue weighted by Crippen LogP contribution is 2.43. The van der Waals surface area contributed by atoms with Crippen molar-refractivity contribution in [2.24, 2.45) is 5.92 Å². The highest BCUT2D eigenvalue weighted by atomic mass is 16.5. The molecule has 9 nitrogen and oxygen atoms in total. The number of morpholine rings is 1. The molecule has 0 aromatic heterocycles. The van der Waals surface area contributed by atoms with Crippen LogP contribution in [0.15, 0.2) is 42.0 Å². The molecule has 9 heteroatoms. The number of aliphatic hydroxyl groups excluding tert-OH is 1. The summed E-state index contributed by atoms with van der Waals surface area (Å²) in [7, 11) is 1.57. The predicted octanol–water partition coefficient (Wildman–Crippen LogP) is 3.17. The Morgan fingerprint density at radius 2 is 1.90 bits per heavy atom. The fraction of sp³-hybridized carbons (Fsp3) is 0.515. The highest BCUT2D eigenvalue weighted by molar-refractivity contribution is 6.46. The van der Waals surface area contributed by atoms with Crippen molar-refractivity contribution >= 4 is 17.4 Å². The van der Waals surface area contributed by atoms with Gasteiger partial charge in [-0.3, -0.25) is 9.59 Å². The van der Waals surface area contributed by atoms with Gasteiger partial charge in [-0.05, 0) is 60.7 Å². The van der Waals surface area contributed by atoms with Gasteiger partial charge in [0.25, 0.3) is 11.7 Å². The van der Waals surface area contributed by atoms with Crippen LogP contribution in [0.1, 0.15) is 56.3 Å². The third-order valence-electron chi connectivity index (χ3n) is 8.29. The van der Waals surface area contributed by atoms with Gasteiger partial charge in [0.2, 0.25) is 0 Å². The summed E-state index contributed by atoms with van der Waals surface area (Å²) in [4.78, 5) is 30.1. The number of ether oxygens (including phenoxy) is 4. The molecular formula is C33H43N2O7+. The van der Waals surface area contributed by atoms with Gasteiger partial charge in [0.15, 0.2) is 11.5 Å². The summed E-state index contributed by atoms with van der Waals surface area (Å²) in [5, 5.41) is 11.6. The largest absolute Gasteiger partial charge is 0.507 e. The molecule has 3 aliphatic rings. The summed E-state index contributed by atoms with van der Waals surface area (Å²) in [6.07, 6.45) is 2.39. The lowest BCUT2D eigenvalue weighted by atomic mass is 9.94. The molecule has 0 aliphatic carbocycles. The standard InChI is InChI=1S/C33H42N2O7/c1-21(2)10-15-41-27-9-6-23(20-28(27)39-4)30-29(31(36)24-7-8-26-25(19-24)18-22(3)42-26)32(37)33(38)35(30)12-5-11-34-13-16-40-17-14-34/h6-9,19-22,30,36H,5,10-18H2,1-4H3/p+1/t22-,30+/m1/s1. The average Bonchev–Trinajstić information content (AvgIpc) is 3.48. The molecule has 2 aromatic carbocycles. The molecule has 0 radical (unpaired) electrons. The number of nitrogens with zero attached hydrogens (tertiary/aromatic N) is 1. The van der Waals surface area contributed by atoms with Crippen molar-refractivity contribution in [3.63, 3.8) is 0 Å². The number of hydrogen-bond donors (Lipinski definition) is 2. The number of ketones is 1. The van der Waals surface area contributed by atoms with Gasteiger partial charge in [0.1, 0.15) is 30.7 Å².